The Bertz CT molecular complexity index is 579. The standard InChI is InChI=1S/C21H35N3O3/c1-6-24(14-15-25)18-10-9-11-20(19(16-18)22-4)23(5)13-8-7-12-21(26)27-17(2)3/h10-11,16-17,25H,4,6-9,12-15H2,1-3,5H3. The molecule has 27 heavy (non-hydrogen) atoms. The average molecular weight is 378 g/mol. The molecule has 0 heterocycles. The van der Waals surface area contributed by atoms with Crippen LogP contribution in [0.4, 0.5) is 0 Å². The lowest BCUT2D eigenvalue weighted by molar-refractivity contribution is -0.147. The summed E-state index contributed by atoms with van der Waals surface area (Å²) < 4.78 is 5.16. The quantitative estimate of drug-likeness (QED) is 0.322. The van der Waals surface area contributed by atoms with E-state index in [-0.39, 0.29) is 18.7 Å². The number of carbonyl (C=O) groups excluding carboxylic acids is 1. The maximum Gasteiger partial charge on any atom is 0.306 e. The van der Waals surface area contributed by atoms with E-state index in [9.17, 15) is 9.90 Å². The van der Waals surface area contributed by atoms with Crippen LogP contribution in [0.2, 0.25) is 0 Å². The molecule has 152 valence electrons. The Morgan fingerprint density at radius 1 is 1.33 bits per heavy atom. The van der Waals surface area contributed by atoms with Gasteiger partial charge in [-0.05, 0) is 52.8 Å². The molecular weight excluding hydrogens is 342 g/mol. The van der Waals surface area contributed by atoms with E-state index in [4.69, 9.17) is 4.74 Å². The number of aliphatic hydroxyl groups excluding tert-OH is 1. The lowest BCUT2D eigenvalue weighted by Crippen LogP contribution is -2.25. The second-order valence-electron chi connectivity index (χ2n) is 6.86. The topological polar surface area (TPSA) is 65.4 Å². The van der Waals surface area contributed by atoms with Gasteiger partial charge in [-0.2, -0.15) is 0 Å². The Morgan fingerprint density at radius 2 is 2.07 bits per heavy atom. The molecule has 0 aromatic heterocycles. The van der Waals surface area contributed by atoms with E-state index in [1.807, 2.05) is 27.0 Å². The molecule has 0 saturated carbocycles. The number of aliphatic hydroxyl groups is 1. The van der Waals surface area contributed by atoms with Crippen LogP contribution in [-0.2, 0) is 9.53 Å². The number of allylic oxidation sites excluding steroid dienone is 3. The van der Waals surface area contributed by atoms with E-state index >= 15 is 0 Å². The first-order chi connectivity index (χ1) is 12.9. The summed E-state index contributed by atoms with van der Waals surface area (Å²) in [6.45, 7) is 11.9. The molecule has 6 nitrogen and oxygen atoms in total. The molecule has 0 aromatic carbocycles. The van der Waals surface area contributed by atoms with E-state index in [0.717, 1.165) is 49.4 Å². The SMILES string of the molecule is C=NC1=CC(N(CC)CCO)=CCC=C1N(C)CCCCC(=O)OC(C)C. The maximum absolute atomic E-state index is 11.6. The summed E-state index contributed by atoms with van der Waals surface area (Å²) in [6, 6.07) is 0. The number of ether oxygens (including phenoxy) is 1. The third-order valence-corrected chi connectivity index (χ3v) is 4.38. The molecule has 0 aliphatic heterocycles. The summed E-state index contributed by atoms with van der Waals surface area (Å²) in [6.07, 6.45) is 9.21. The molecule has 6 heteroatoms. The number of nitrogens with zero attached hydrogens (tertiary/aromatic N) is 3. The van der Waals surface area contributed by atoms with Crippen LogP contribution in [0.15, 0.2) is 40.3 Å². The van der Waals surface area contributed by atoms with Crippen molar-refractivity contribution >= 4 is 12.7 Å². The fourth-order valence-corrected chi connectivity index (χ4v) is 3.02. The molecular formula is C21H35N3O3. The van der Waals surface area contributed by atoms with Crippen LogP contribution in [0, 0.1) is 0 Å². The molecule has 0 unspecified atom stereocenters. The fraction of sp³-hybridized carbons (Fsp3) is 0.619. The Hall–Kier alpha value is -2.08. The number of likely N-dealkylation sites (N-methyl/N-ethyl adjacent to an activating group) is 2. The van der Waals surface area contributed by atoms with Gasteiger partial charge in [0.2, 0.25) is 0 Å². The van der Waals surface area contributed by atoms with Crippen molar-refractivity contribution in [2.75, 3.05) is 33.3 Å². The summed E-state index contributed by atoms with van der Waals surface area (Å²) in [4.78, 5) is 20.1. The van der Waals surface area contributed by atoms with E-state index in [0.29, 0.717) is 13.0 Å². The second kappa shape index (κ2) is 12.3. The largest absolute Gasteiger partial charge is 0.463 e. The zero-order valence-electron chi connectivity index (χ0n) is 17.3. The van der Waals surface area contributed by atoms with Gasteiger partial charge in [0.15, 0.2) is 0 Å². The molecule has 0 radical (unpaired) electrons. The zero-order chi connectivity index (χ0) is 20.2. The van der Waals surface area contributed by atoms with E-state index in [1.165, 1.54) is 0 Å². The van der Waals surface area contributed by atoms with Crippen LogP contribution in [0.1, 0.15) is 46.5 Å². The Kier molecular flexibility index (Phi) is 10.5. The van der Waals surface area contributed by atoms with Gasteiger partial charge in [-0.3, -0.25) is 9.79 Å². The van der Waals surface area contributed by atoms with Crippen LogP contribution in [0.25, 0.3) is 0 Å². The summed E-state index contributed by atoms with van der Waals surface area (Å²) in [5.74, 6) is -0.132. The number of esters is 1. The summed E-state index contributed by atoms with van der Waals surface area (Å²) in [5.41, 5.74) is 2.93. The highest BCUT2D eigenvalue weighted by atomic mass is 16.5. The summed E-state index contributed by atoms with van der Waals surface area (Å²) in [7, 11) is 2.04. The molecule has 0 aromatic rings. The van der Waals surface area contributed by atoms with Crippen molar-refractivity contribution in [1.82, 2.24) is 9.80 Å². The molecule has 1 aliphatic carbocycles. The van der Waals surface area contributed by atoms with Gasteiger partial charge in [0.1, 0.15) is 0 Å². The van der Waals surface area contributed by atoms with Crippen LogP contribution >= 0.6 is 0 Å². The molecule has 0 amide bonds. The average Bonchev–Trinajstić information content (AvgIpc) is 2.85. The highest BCUT2D eigenvalue weighted by Gasteiger charge is 2.15. The Balaban J connectivity index is 2.64. The summed E-state index contributed by atoms with van der Waals surface area (Å²) >= 11 is 0. The second-order valence-corrected chi connectivity index (χ2v) is 6.86. The number of aliphatic imine (C=N–C) groups is 1. The van der Waals surface area contributed by atoms with Gasteiger partial charge >= 0.3 is 5.97 Å². The van der Waals surface area contributed by atoms with Gasteiger partial charge in [0, 0.05) is 38.8 Å². The van der Waals surface area contributed by atoms with E-state index < -0.39 is 0 Å². The minimum absolute atomic E-state index is 0.0575. The Morgan fingerprint density at radius 3 is 2.67 bits per heavy atom. The predicted molar refractivity (Wildman–Crippen MR) is 110 cm³/mol. The molecule has 0 atom stereocenters. The number of hydrogen-bond acceptors (Lipinski definition) is 6. The Labute approximate surface area is 163 Å². The van der Waals surface area contributed by atoms with Gasteiger partial charge in [0.05, 0.1) is 24.1 Å². The molecule has 1 rings (SSSR count). The van der Waals surface area contributed by atoms with Crippen molar-refractivity contribution in [1.29, 1.82) is 0 Å². The highest BCUT2D eigenvalue weighted by Crippen LogP contribution is 2.23. The lowest BCUT2D eigenvalue weighted by Gasteiger charge is -2.25. The number of carbonyl (C=O) groups is 1. The highest BCUT2D eigenvalue weighted by molar-refractivity contribution is 5.69. The van der Waals surface area contributed by atoms with Crippen molar-refractivity contribution in [3.63, 3.8) is 0 Å². The maximum atomic E-state index is 11.6. The number of rotatable bonds is 12. The number of hydrogen-bond donors (Lipinski definition) is 1. The molecule has 0 fully saturated rings. The fourth-order valence-electron chi connectivity index (χ4n) is 3.02. The third-order valence-electron chi connectivity index (χ3n) is 4.38. The first kappa shape index (κ1) is 23.0. The normalized spacial score (nSPS) is 14.1. The van der Waals surface area contributed by atoms with E-state index in [2.05, 4.69) is 40.6 Å². The number of unbranched alkanes of at least 4 members (excludes halogenated alkanes) is 1. The van der Waals surface area contributed by atoms with Gasteiger partial charge < -0.3 is 19.6 Å². The van der Waals surface area contributed by atoms with Gasteiger partial charge in [-0.15, -0.1) is 0 Å². The minimum Gasteiger partial charge on any atom is -0.463 e. The molecule has 0 saturated heterocycles. The van der Waals surface area contributed by atoms with Gasteiger partial charge in [-0.1, -0.05) is 12.2 Å². The van der Waals surface area contributed by atoms with E-state index in [1.54, 1.807) is 0 Å². The summed E-state index contributed by atoms with van der Waals surface area (Å²) in [5, 5.41) is 9.26. The molecule has 1 aliphatic rings. The first-order valence-corrected chi connectivity index (χ1v) is 9.78. The lowest BCUT2D eigenvalue weighted by atomic mass is 10.2. The van der Waals surface area contributed by atoms with Gasteiger partial charge in [0.25, 0.3) is 0 Å². The third kappa shape index (κ3) is 7.99. The smallest absolute Gasteiger partial charge is 0.306 e. The van der Waals surface area contributed by atoms with Crippen LogP contribution in [-0.4, -0.2) is 67.0 Å². The molecule has 0 spiro atoms. The van der Waals surface area contributed by atoms with Crippen molar-refractivity contribution in [2.24, 2.45) is 4.99 Å². The predicted octanol–water partition coefficient (Wildman–Crippen LogP) is 3.11. The van der Waals surface area contributed by atoms with Crippen molar-refractivity contribution in [2.45, 2.75) is 52.6 Å². The van der Waals surface area contributed by atoms with Gasteiger partial charge in [-0.25, -0.2) is 0 Å². The first-order valence-electron chi connectivity index (χ1n) is 9.78. The van der Waals surface area contributed by atoms with Crippen molar-refractivity contribution in [3.05, 3.63) is 35.3 Å². The van der Waals surface area contributed by atoms with Crippen LogP contribution in [0.3, 0.4) is 0 Å². The monoisotopic (exact) mass is 377 g/mol. The van der Waals surface area contributed by atoms with Crippen molar-refractivity contribution in [3.8, 4) is 0 Å². The zero-order valence-corrected chi connectivity index (χ0v) is 17.3. The van der Waals surface area contributed by atoms with Crippen molar-refractivity contribution < 1.29 is 14.6 Å². The van der Waals surface area contributed by atoms with Crippen LogP contribution in [0.5, 0.6) is 0 Å². The minimum atomic E-state index is -0.132. The van der Waals surface area contributed by atoms with Crippen LogP contribution < -0.4 is 0 Å². The molecule has 0 bridgehead atoms. The molecule has 1 N–H and O–H groups in total.